The van der Waals surface area contributed by atoms with Gasteiger partial charge in [0.25, 0.3) is 0 Å². The standard InChI is InChI=1S/C30H31N5OS/c1-34(2)26-12-10-23(11-13-26)30-33-28-15-14-27(20-29(28)37-30)36-19-7-18-35(21-24-8-3-5-16-31-24)22-25-9-4-6-17-32-25/h3-6,8-17,20H,7,18-19,21-22H2,1-2H3. The lowest BCUT2D eigenvalue weighted by Crippen LogP contribution is -2.26. The topological polar surface area (TPSA) is 54.4 Å². The number of pyridine rings is 2. The van der Waals surface area contributed by atoms with E-state index in [1.165, 1.54) is 5.69 Å². The second-order valence-electron chi connectivity index (χ2n) is 9.14. The first-order valence-electron chi connectivity index (χ1n) is 12.5. The summed E-state index contributed by atoms with van der Waals surface area (Å²) in [6.45, 7) is 3.10. The van der Waals surface area contributed by atoms with Crippen LogP contribution < -0.4 is 9.64 Å². The summed E-state index contributed by atoms with van der Waals surface area (Å²) in [4.78, 5) is 18.3. The fraction of sp³-hybridized carbons (Fsp3) is 0.233. The molecule has 0 aliphatic carbocycles. The minimum atomic E-state index is 0.643. The van der Waals surface area contributed by atoms with E-state index in [-0.39, 0.29) is 0 Å². The zero-order chi connectivity index (χ0) is 25.5. The Balaban J connectivity index is 1.19. The lowest BCUT2D eigenvalue weighted by molar-refractivity contribution is 0.218. The molecule has 3 heterocycles. The first-order chi connectivity index (χ1) is 18.1. The van der Waals surface area contributed by atoms with Crippen molar-refractivity contribution in [3.05, 3.63) is 103 Å². The van der Waals surface area contributed by atoms with Crippen molar-refractivity contribution in [3.8, 4) is 16.3 Å². The van der Waals surface area contributed by atoms with Gasteiger partial charge in [0.05, 0.1) is 28.2 Å². The molecule has 5 rings (SSSR count). The second kappa shape index (κ2) is 12.0. The average molecular weight is 510 g/mol. The number of hydrogen-bond acceptors (Lipinski definition) is 7. The molecule has 0 radical (unpaired) electrons. The number of aromatic nitrogens is 3. The number of thiazole rings is 1. The fourth-order valence-electron chi connectivity index (χ4n) is 4.15. The fourth-order valence-corrected chi connectivity index (χ4v) is 5.15. The van der Waals surface area contributed by atoms with Crippen molar-refractivity contribution in [1.29, 1.82) is 0 Å². The van der Waals surface area contributed by atoms with Crippen molar-refractivity contribution in [2.24, 2.45) is 0 Å². The van der Waals surface area contributed by atoms with Crippen molar-refractivity contribution in [2.75, 3.05) is 32.1 Å². The van der Waals surface area contributed by atoms with Crippen LogP contribution in [0.3, 0.4) is 0 Å². The SMILES string of the molecule is CN(C)c1ccc(-c2nc3ccc(OCCCN(Cc4ccccn4)Cc4ccccn4)cc3s2)cc1. The molecule has 0 aliphatic heterocycles. The number of rotatable bonds is 11. The summed E-state index contributed by atoms with van der Waals surface area (Å²) >= 11 is 1.70. The molecule has 37 heavy (non-hydrogen) atoms. The number of nitrogens with zero attached hydrogens (tertiary/aromatic N) is 5. The van der Waals surface area contributed by atoms with E-state index in [1.807, 2.05) is 62.9 Å². The zero-order valence-electron chi connectivity index (χ0n) is 21.2. The minimum Gasteiger partial charge on any atom is -0.493 e. The van der Waals surface area contributed by atoms with Crippen LogP contribution in [0.25, 0.3) is 20.8 Å². The molecular formula is C30H31N5OS. The Hall–Kier alpha value is -3.81. The van der Waals surface area contributed by atoms with Crippen molar-refractivity contribution in [2.45, 2.75) is 19.5 Å². The van der Waals surface area contributed by atoms with Gasteiger partial charge in [0, 0.05) is 57.4 Å². The number of anilines is 1. The van der Waals surface area contributed by atoms with Crippen molar-refractivity contribution in [3.63, 3.8) is 0 Å². The van der Waals surface area contributed by atoms with E-state index in [1.54, 1.807) is 11.3 Å². The number of benzene rings is 2. The molecule has 188 valence electrons. The van der Waals surface area contributed by atoms with Gasteiger partial charge in [0.2, 0.25) is 0 Å². The van der Waals surface area contributed by atoms with E-state index in [9.17, 15) is 0 Å². The molecule has 0 saturated carbocycles. The Kier molecular flexibility index (Phi) is 8.03. The molecular weight excluding hydrogens is 478 g/mol. The van der Waals surface area contributed by atoms with Crippen LogP contribution >= 0.6 is 11.3 Å². The van der Waals surface area contributed by atoms with Crippen molar-refractivity contribution >= 4 is 27.2 Å². The second-order valence-corrected chi connectivity index (χ2v) is 10.2. The molecule has 0 amide bonds. The van der Waals surface area contributed by atoms with Gasteiger partial charge < -0.3 is 9.64 Å². The third kappa shape index (κ3) is 6.70. The van der Waals surface area contributed by atoms with E-state index in [4.69, 9.17) is 9.72 Å². The maximum Gasteiger partial charge on any atom is 0.124 e. The lowest BCUT2D eigenvalue weighted by atomic mass is 10.2. The van der Waals surface area contributed by atoms with Crippen LogP contribution in [0, 0.1) is 0 Å². The number of fused-ring (bicyclic) bond motifs is 1. The van der Waals surface area contributed by atoms with Gasteiger partial charge in [0.15, 0.2) is 0 Å². The van der Waals surface area contributed by atoms with Crippen LogP contribution in [0.15, 0.2) is 91.3 Å². The molecule has 5 aromatic rings. The average Bonchev–Trinajstić information content (AvgIpc) is 3.36. The van der Waals surface area contributed by atoms with E-state index in [0.29, 0.717) is 6.61 Å². The summed E-state index contributed by atoms with van der Waals surface area (Å²) in [5.74, 6) is 0.881. The highest BCUT2D eigenvalue weighted by Crippen LogP contribution is 2.33. The first kappa shape index (κ1) is 24.9. The maximum absolute atomic E-state index is 6.14. The quantitative estimate of drug-likeness (QED) is 0.195. The van der Waals surface area contributed by atoms with Gasteiger partial charge in [-0.05, 0) is 73.2 Å². The normalized spacial score (nSPS) is 11.2. The zero-order valence-corrected chi connectivity index (χ0v) is 22.1. The highest BCUT2D eigenvalue weighted by Gasteiger charge is 2.11. The molecule has 7 heteroatoms. The summed E-state index contributed by atoms with van der Waals surface area (Å²) in [6, 6.07) is 26.8. The summed E-state index contributed by atoms with van der Waals surface area (Å²) in [7, 11) is 4.10. The first-order valence-corrected chi connectivity index (χ1v) is 13.3. The molecule has 3 aromatic heterocycles. The van der Waals surface area contributed by atoms with Crippen LogP contribution in [0.5, 0.6) is 5.75 Å². The van der Waals surface area contributed by atoms with Crippen molar-refractivity contribution in [1.82, 2.24) is 19.9 Å². The van der Waals surface area contributed by atoms with Crippen LogP contribution in [-0.2, 0) is 13.1 Å². The predicted molar refractivity (Wildman–Crippen MR) is 152 cm³/mol. The third-order valence-corrected chi connectivity index (χ3v) is 7.17. The molecule has 0 saturated heterocycles. The molecule has 0 fully saturated rings. The largest absolute Gasteiger partial charge is 0.493 e. The lowest BCUT2D eigenvalue weighted by Gasteiger charge is -2.21. The van der Waals surface area contributed by atoms with Crippen LogP contribution in [0.4, 0.5) is 5.69 Å². The molecule has 0 aliphatic rings. The summed E-state index contributed by atoms with van der Waals surface area (Å²) < 4.78 is 7.27. The monoisotopic (exact) mass is 509 g/mol. The highest BCUT2D eigenvalue weighted by atomic mass is 32.1. The van der Waals surface area contributed by atoms with Crippen LogP contribution in [0.2, 0.25) is 0 Å². The minimum absolute atomic E-state index is 0.643. The summed E-state index contributed by atoms with van der Waals surface area (Å²) in [6.07, 6.45) is 4.60. The Morgan fingerprint density at radius 2 is 1.51 bits per heavy atom. The van der Waals surface area contributed by atoms with E-state index < -0.39 is 0 Å². The van der Waals surface area contributed by atoms with Crippen molar-refractivity contribution < 1.29 is 4.74 Å². The third-order valence-electron chi connectivity index (χ3n) is 6.10. The summed E-state index contributed by atoms with van der Waals surface area (Å²) in [5, 5.41) is 1.03. The molecule has 0 N–H and O–H groups in total. The Morgan fingerprint density at radius 3 is 2.14 bits per heavy atom. The number of hydrogen-bond donors (Lipinski definition) is 0. The van der Waals surface area contributed by atoms with Gasteiger partial charge in [0.1, 0.15) is 10.8 Å². The van der Waals surface area contributed by atoms with Crippen LogP contribution in [-0.4, -0.2) is 47.1 Å². The predicted octanol–water partition coefficient (Wildman–Crippen LogP) is 6.29. The van der Waals surface area contributed by atoms with Gasteiger partial charge in [-0.3, -0.25) is 14.9 Å². The summed E-state index contributed by atoms with van der Waals surface area (Å²) in [5.41, 5.74) is 5.43. The molecule has 0 spiro atoms. The molecule has 0 bridgehead atoms. The molecule has 0 unspecified atom stereocenters. The smallest absolute Gasteiger partial charge is 0.124 e. The van der Waals surface area contributed by atoms with E-state index in [2.05, 4.69) is 62.2 Å². The molecule has 2 aromatic carbocycles. The van der Waals surface area contributed by atoms with Crippen LogP contribution in [0.1, 0.15) is 17.8 Å². The Bertz CT molecular complexity index is 1360. The molecule has 0 atom stereocenters. The van der Waals surface area contributed by atoms with Gasteiger partial charge in [-0.25, -0.2) is 4.98 Å². The number of ether oxygens (including phenoxy) is 1. The van der Waals surface area contributed by atoms with E-state index >= 15 is 0 Å². The maximum atomic E-state index is 6.14. The van der Waals surface area contributed by atoms with E-state index in [0.717, 1.165) is 64.0 Å². The van der Waals surface area contributed by atoms with Gasteiger partial charge >= 0.3 is 0 Å². The highest BCUT2D eigenvalue weighted by molar-refractivity contribution is 7.21. The Morgan fingerprint density at radius 1 is 0.811 bits per heavy atom. The van der Waals surface area contributed by atoms with Gasteiger partial charge in [-0.15, -0.1) is 11.3 Å². The van der Waals surface area contributed by atoms with Gasteiger partial charge in [-0.1, -0.05) is 12.1 Å². The van der Waals surface area contributed by atoms with Gasteiger partial charge in [-0.2, -0.15) is 0 Å². The molecule has 6 nitrogen and oxygen atoms in total. The Labute approximate surface area is 222 Å².